The first-order valence-electron chi connectivity index (χ1n) is 13.6. The third-order valence-electron chi connectivity index (χ3n) is 7.80. The zero-order chi connectivity index (χ0) is 27.7. The van der Waals surface area contributed by atoms with Gasteiger partial charge in [0.25, 0.3) is 10.0 Å². The molecule has 0 bridgehead atoms. The largest absolute Gasteiger partial charge is 0.444 e. The molecule has 2 aliphatic carbocycles. The lowest BCUT2D eigenvalue weighted by Gasteiger charge is -2.34. The number of hydrogen-bond donors (Lipinski definition) is 2. The molecule has 1 aliphatic heterocycles. The van der Waals surface area contributed by atoms with Crippen LogP contribution in [0.5, 0.6) is 0 Å². The minimum atomic E-state index is -4.00. The van der Waals surface area contributed by atoms with E-state index < -0.39 is 27.2 Å². The number of carbonyl (C=O) groups excluding carboxylic acids is 2. The molecule has 210 valence electrons. The Kier molecular flexibility index (Phi) is 8.14. The van der Waals surface area contributed by atoms with E-state index in [0.29, 0.717) is 13.1 Å². The number of hydrogen-bond acceptors (Lipinski definition) is 6. The fourth-order valence-electron chi connectivity index (χ4n) is 5.80. The van der Waals surface area contributed by atoms with Gasteiger partial charge in [0.05, 0.1) is 0 Å². The van der Waals surface area contributed by atoms with Crippen LogP contribution in [0, 0.1) is 0 Å². The minimum absolute atomic E-state index is 0.388. The van der Waals surface area contributed by atoms with Gasteiger partial charge in [-0.05, 0) is 108 Å². The van der Waals surface area contributed by atoms with Crippen molar-refractivity contribution in [3.63, 3.8) is 0 Å². The second-order valence-electron chi connectivity index (χ2n) is 12.0. The van der Waals surface area contributed by atoms with Crippen LogP contribution in [-0.2, 0) is 40.4 Å². The molecule has 1 heterocycles. The first-order chi connectivity index (χ1) is 17.8. The summed E-state index contributed by atoms with van der Waals surface area (Å²) in [6.45, 7) is 9.29. The monoisotopic (exact) mass is 546 g/mol. The van der Waals surface area contributed by atoms with Crippen LogP contribution in [-0.4, -0.2) is 68.2 Å². The predicted octanol–water partition coefficient (Wildman–Crippen LogP) is 4.35. The van der Waals surface area contributed by atoms with Gasteiger partial charge in [0, 0.05) is 36.8 Å². The molecule has 2 N–H and O–H groups in total. The molecule has 1 saturated heterocycles. The molecule has 4 rings (SSSR count). The van der Waals surface area contributed by atoms with E-state index >= 15 is 0 Å². The Morgan fingerprint density at radius 2 is 1.74 bits per heavy atom. The molecular weight excluding hydrogens is 504 g/mol. The number of nitrogens with one attached hydrogen (secondary N) is 2. The molecule has 1 aromatic carbocycles. The van der Waals surface area contributed by atoms with Crippen LogP contribution in [0.3, 0.4) is 0 Å². The summed E-state index contributed by atoms with van der Waals surface area (Å²) in [7, 11) is -2.30. The molecule has 0 spiro atoms. The predicted molar refractivity (Wildman–Crippen MR) is 149 cm³/mol. The maximum absolute atomic E-state index is 12.8. The normalized spacial score (nSPS) is 21.4. The highest BCUT2D eigenvalue weighted by Gasteiger charge is 2.35. The summed E-state index contributed by atoms with van der Waals surface area (Å²) in [4.78, 5) is 28.8. The standard InChI is InChI=1S/C28H42N4O5S/c1-27(2,3)37-26(34)31(5)16-17-32-15-8-13-28(32,4)14-18-38(35,36)30-25(33)29-24-22-11-6-9-20(22)19-21-10-7-12-23(21)24/h14,18-19H,6-13,15-17H2,1-5H3,(H2,29,30,33)/b18-14+/t28-/m0/s1. The van der Waals surface area contributed by atoms with Gasteiger partial charge in [-0.25, -0.2) is 22.7 Å². The number of urea groups is 1. The summed E-state index contributed by atoms with van der Waals surface area (Å²) in [5.74, 6) is 0. The highest BCUT2D eigenvalue weighted by molar-refractivity contribution is 7.92. The number of sulfonamides is 1. The van der Waals surface area contributed by atoms with Gasteiger partial charge < -0.3 is 15.0 Å². The Bertz CT molecular complexity index is 1190. The number of benzene rings is 1. The number of nitrogens with zero attached hydrogens (tertiary/aromatic N) is 2. The summed E-state index contributed by atoms with van der Waals surface area (Å²) < 4.78 is 33.3. The van der Waals surface area contributed by atoms with Crippen molar-refractivity contribution in [2.75, 3.05) is 32.0 Å². The van der Waals surface area contributed by atoms with Crippen LogP contribution < -0.4 is 10.0 Å². The molecule has 0 aromatic heterocycles. The summed E-state index contributed by atoms with van der Waals surface area (Å²) in [6.07, 6.45) is 8.88. The number of fused-ring (bicyclic) bond motifs is 2. The maximum atomic E-state index is 12.8. The van der Waals surface area contributed by atoms with Crippen LogP contribution in [0.25, 0.3) is 0 Å². The zero-order valence-corrected chi connectivity index (χ0v) is 24.2. The van der Waals surface area contributed by atoms with Gasteiger partial charge in [-0.2, -0.15) is 0 Å². The lowest BCUT2D eigenvalue weighted by molar-refractivity contribution is 0.0274. The SMILES string of the molecule is CN(CCN1CCC[C@@]1(C)/C=C/S(=O)(=O)NC(=O)Nc1c2c(cc3c1CCC3)CCC2)C(=O)OC(C)(C)C. The number of carbonyl (C=O) groups is 2. The lowest BCUT2D eigenvalue weighted by atomic mass is 9.99. The first-order valence-corrected chi connectivity index (χ1v) is 15.2. The third kappa shape index (κ3) is 6.69. The summed E-state index contributed by atoms with van der Waals surface area (Å²) in [5.41, 5.74) is 4.60. The van der Waals surface area contributed by atoms with Crippen LogP contribution in [0.15, 0.2) is 17.6 Å². The van der Waals surface area contributed by atoms with E-state index in [1.54, 1.807) is 13.1 Å². The highest BCUT2D eigenvalue weighted by atomic mass is 32.2. The topological polar surface area (TPSA) is 108 Å². The summed E-state index contributed by atoms with van der Waals surface area (Å²) >= 11 is 0. The molecule has 1 atom stereocenters. The van der Waals surface area contributed by atoms with E-state index in [-0.39, 0.29) is 6.09 Å². The van der Waals surface area contributed by atoms with E-state index in [4.69, 9.17) is 4.74 Å². The molecule has 9 nitrogen and oxygen atoms in total. The number of rotatable bonds is 7. The smallest absolute Gasteiger partial charge is 0.410 e. The van der Waals surface area contributed by atoms with Gasteiger partial charge in [-0.1, -0.05) is 12.1 Å². The second-order valence-corrected chi connectivity index (χ2v) is 13.6. The quantitative estimate of drug-likeness (QED) is 0.527. The Morgan fingerprint density at radius 3 is 2.34 bits per heavy atom. The number of amides is 3. The van der Waals surface area contributed by atoms with Gasteiger partial charge >= 0.3 is 12.1 Å². The molecule has 0 unspecified atom stereocenters. The van der Waals surface area contributed by atoms with Crippen molar-refractivity contribution in [1.82, 2.24) is 14.5 Å². The summed E-state index contributed by atoms with van der Waals surface area (Å²) in [5, 5.41) is 3.98. The van der Waals surface area contributed by atoms with Gasteiger partial charge in [0.15, 0.2) is 0 Å². The van der Waals surface area contributed by atoms with Gasteiger partial charge in [-0.3, -0.25) is 4.90 Å². The fourth-order valence-corrected chi connectivity index (χ4v) is 6.65. The van der Waals surface area contributed by atoms with Crippen molar-refractivity contribution < 1.29 is 22.7 Å². The molecule has 1 aromatic rings. The van der Waals surface area contributed by atoms with E-state index in [1.807, 2.05) is 27.7 Å². The van der Waals surface area contributed by atoms with Gasteiger partial charge in [0.2, 0.25) is 0 Å². The Hall–Kier alpha value is -2.59. The van der Waals surface area contributed by atoms with Crippen LogP contribution >= 0.6 is 0 Å². The van der Waals surface area contributed by atoms with E-state index in [0.717, 1.165) is 80.1 Å². The molecule has 10 heteroatoms. The molecule has 0 saturated carbocycles. The zero-order valence-electron chi connectivity index (χ0n) is 23.4. The van der Waals surface area contributed by atoms with Crippen molar-refractivity contribution in [3.8, 4) is 0 Å². The number of anilines is 1. The fraction of sp³-hybridized carbons (Fsp3) is 0.643. The molecule has 1 fully saturated rings. The lowest BCUT2D eigenvalue weighted by Crippen LogP contribution is -2.45. The van der Waals surface area contributed by atoms with E-state index in [2.05, 4.69) is 21.0 Å². The minimum Gasteiger partial charge on any atom is -0.444 e. The van der Waals surface area contributed by atoms with Crippen molar-refractivity contribution in [2.45, 2.75) is 90.2 Å². The van der Waals surface area contributed by atoms with Gasteiger partial charge in [-0.15, -0.1) is 0 Å². The molecule has 38 heavy (non-hydrogen) atoms. The van der Waals surface area contributed by atoms with Crippen LogP contribution in [0.4, 0.5) is 15.3 Å². The van der Waals surface area contributed by atoms with E-state index in [9.17, 15) is 18.0 Å². The molecule has 3 amide bonds. The summed E-state index contributed by atoms with van der Waals surface area (Å²) in [6, 6.07) is 1.54. The highest BCUT2D eigenvalue weighted by Crippen LogP contribution is 2.38. The van der Waals surface area contributed by atoms with Crippen LogP contribution in [0.2, 0.25) is 0 Å². The van der Waals surface area contributed by atoms with E-state index in [1.165, 1.54) is 16.0 Å². The number of likely N-dealkylation sites (tertiary alicyclic amines) is 1. The Balaban J connectivity index is 1.37. The molecule has 0 radical (unpaired) electrons. The van der Waals surface area contributed by atoms with Crippen molar-refractivity contribution in [3.05, 3.63) is 39.8 Å². The van der Waals surface area contributed by atoms with Crippen molar-refractivity contribution in [1.29, 1.82) is 0 Å². The average Bonchev–Trinajstić information content (AvgIpc) is 3.54. The van der Waals surface area contributed by atoms with Crippen LogP contribution in [0.1, 0.15) is 75.6 Å². The number of likely N-dealkylation sites (N-methyl/N-ethyl adjacent to an activating group) is 1. The average molecular weight is 547 g/mol. The Morgan fingerprint density at radius 1 is 1.11 bits per heavy atom. The third-order valence-corrected chi connectivity index (χ3v) is 8.76. The number of aryl methyl sites for hydroxylation is 2. The van der Waals surface area contributed by atoms with Gasteiger partial charge in [0.1, 0.15) is 5.60 Å². The van der Waals surface area contributed by atoms with Crippen molar-refractivity contribution in [2.24, 2.45) is 0 Å². The van der Waals surface area contributed by atoms with Crippen molar-refractivity contribution >= 4 is 27.8 Å². The Labute approximate surface area is 227 Å². The molecular formula is C28H42N4O5S. The second kappa shape index (κ2) is 10.9. The number of ether oxygens (including phenoxy) is 1. The maximum Gasteiger partial charge on any atom is 0.410 e. The first kappa shape index (κ1) is 28.4. The molecule has 3 aliphatic rings.